The highest BCUT2D eigenvalue weighted by atomic mass is 14.9. The standard InChI is InChI=1S/C17H28N2/c1-17(2,3)15-7-5-14(6-8-15)16(18-4)11-13-9-10-19-12-13/h5-8,13,16,18-19H,9-12H2,1-4H3. The van der Waals surface area contributed by atoms with Gasteiger partial charge in [0, 0.05) is 6.04 Å². The van der Waals surface area contributed by atoms with Crippen molar-refractivity contribution in [1.29, 1.82) is 0 Å². The lowest BCUT2D eigenvalue weighted by Gasteiger charge is -2.23. The molecule has 2 unspecified atom stereocenters. The minimum absolute atomic E-state index is 0.239. The van der Waals surface area contributed by atoms with Crippen molar-refractivity contribution in [1.82, 2.24) is 10.6 Å². The van der Waals surface area contributed by atoms with Crippen molar-refractivity contribution < 1.29 is 0 Å². The smallest absolute Gasteiger partial charge is 0.0320 e. The van der Waals surface area contributed by atoms with Crippen molar-refractivity contribution in [2.24, 2.45) is 5.92 Å². The average Bonchev–Trinajstić information content (AvgIpc) is 2.88. The predicted molar refractivity (Wildman–Crippen MR) is 82.5 cm³/mol. The van der Waals surface area contributed by atoms with Gasteiger partial charge in [-0.2, -0.15) is 0 Å². The average molecular weight is 260 g/mol. The van der Waals surface area contributed by atoms with E-state index in [0.717, 1.165) is 5.92 Å². The largest absolute Gasteiger partial charge is 0.316 e. The molecule has 0 saturated carbocycles. The highest BCUT2D eigenvalue weighted by molar-refractivity contribution is 5.29. The molecule has 1 aromatic rings. The summed E-state index contributed by atoms with van der Waals surface area (Å²) in [5, 5.41) is 6.93. The van der Waals surface area contributed by atoms with Crippen LogP contribution in [-0.2, 0) is 5.41 Å². The van der Waals surface area contributed by atoms with E-state index in [0.29, 0.717) is 6.04 Å². The van der Waals surface area contributed by atoms with Crippen LogP contribution >= 0.6 is 0 Å². The Kier molecular flexibility index (Phi) is 4.64. The highest BCUT2D eigenvalue weighted by Gasteiger charge is 2.20. The van der Waals surface area contributed by atoms with E-state index in [1.54, 1.807) is 0 Å². The van der Waals surface area contributed by atoms with Crippen LogP contribution in [0, 0.1) is 5.92 Å². The molecular weight excluding hydrogens is 232 g/mol. The van der Waals surface area contributed by atoms with Gasteiger partial charge in [-0.3, -0.25) is 0 Å². The molecule has 0 spiro atoms. The number of benzene rings is 1. The van der Waals surface area contributed by atoms with Gasteiger partial charge < -0.3 is 10.6 Å². The number of rotatable bonds is 4. The quantitative estimate of drug-likeness (QED) is 0.868. The summed E-state index contributed by atoms with van der Waals surface area (Å²) in [6.45, 7) is 9.16. The fraction of sp³-hybridized carbons (Fsp3) is 0.647. The van der Waals surface area contributed by atoms with E-state index < -0.39 is 0 Å². The second kappa shape index (κ2) is 6.06. The van der Waals surface area contributed by atoms with E-state index in [1.165, 1.54) is 37.1 Å². The van der Waals surface area contributed by atoms with E-state index in [-0.39, 0.29) is 5.41 Å². The zero-order valence-electron chi connectivity index (χ0n) is 12.8. The van der Waals surface area contributed by atoms with Crippen LogP contribution in [0.15, 0.2) is 24.3 Å². The van der Waals surface area contributed by atoms with E-state index in [9.17, 15) is 0 Å². The van der Waals surface area contributed by atoms with Gasteiger partial charge >= 0.3 is 0 Å². The Balaban J connectivity index is 2.05. The molecule has 106 valence electrons. The monoisotopic (exact) mass is 260 g/mol. The summed E-state index contributed by atoms with van der Waals surface area (Å²) in [5.74, 6) is 0.819. The third-order valence-corrected chi connectivity index (χ3v) is 4.26. The fourth-order valence-electron chi connectivity index (χ4n) is 2.88. The lowest BCUT2D eigenvalue weighted by atomic mass is 9.85. The molecule has 0 aromatic heterocycles. The topological polar surface area (TPSA) is 24.1 Å². The van der Waals surface area contributed by atoms with Gasteiger partial charge in [-0.05, 0) is 55.4 Å². The summed E-state index contributed by atoms with van der Waals surface area (Å²) in [4.78, 5) is 0. The molecule has 0 radical (unpaired) electrons. The van der Waals surface area contributed by atoms with Crippen molar-refractivity contribution in [3.05, 3.63) is 35.4 Å². The van der Waals surface area contributed by atoms with Crippen LogP contribution in [0.4, 0.5) is 0 Å². The second-order valence-electron chi connectivity index (χ2n) is 6.81. The van der Waals surface area contributed by atoms with Crippen LogP contribution in [-0.4, -0.2) is 20.1 Å². The fourth-order valence-corrected chi connectivity index (χ4v) is 2.88. The number of nitrogens with one attached hydrogen (secondary N) is 2. The van der Waals surface area contributed by atoms with Gasteiger partial charge in [0.05, 0.1) is 0 Å². The van der Waals surface area contributed by atoms with Gasteiger partial charge in [0.15, 0.2) is 0 Å². The number of hydrogen-bond acceptors (Lipinski definition) is 2. The molecule has 2 rings (SSSR count). The van der Waals surface area contributed by atoms with Crippen molar-refractivity contribution in [3.8, 4) is 0 Å². The molecule has 2 N–H and O–H groups in total. The molecule has 1 saturated heterocycles. The molecule has 1 heterocycles. The van der Waals surface area contributed by atoms with Gasteiger partial charge in [0.2, 0.25) is 0 Å². The first-order valence-electron chi connectivity index (χ1n) is 7.49. The first kappa shape index (κ1) is 14.5. The van der Waals surface area contributed by atoms with Crippen LogP contribution < -0.4 is 10.6 Å². The number of hydrogen-bond donors (Lipinski definition) is 2. The molecule has 1 aliphatic heterocycles. The van der Waals surface area contributed by atoms with Gasteiger partial charge in [-0.15, -0.1) is 0 Å². The molecule has 2 heteroatoms. The van der Waals surface area contributed by atoms with Crippen molar-refractivity contribution >= 4 is 0 Å². The lowest BCUT2D eigenvalue weighted by Crippen LogP contribution is -2.21. The minimum Gasteiger partial charge on any atom is -0.316 e. The minimum atomic E-state index is 0.239. The zero-order valence-corrected chi connectivity index (χ0v) is 12.8. The summed E-state index contributed by atoms with van der Waals surface area (Å²) < 4.78 is 0. The van der Waals surface area contributed by atoms with Gasteiger partial charge in [-0.1, -0.05) is 45.0 Å². The summed E-state index contributed by atoms with van der Waals surface area (Å²) in [6.07, 6.45) is 2.55. The van der Waals surface area contributed by atoms with Crippen LogP contribution in [0.25, 0.3) is 0 Å². The maximum atomic E-state index is 3.48. The third kappa shape index (κ3) is 3.80. The molecule has 0 amide bonds. The molecule has 1 aliphatic rings. The van der Waals surface area contributed by atoms with Crippen LogP contribution in [0.1, 0.15) is 50.8 Å². The summed E-state index contributed by atoms with van der Waals surface area (Å²) in [6, 6.07) is 9.65. The molecular formula is C17H28N2. The Morgan fingerprint density at radius 3 is 2.42 bits per heavy atom. The highest BCUT2D eigenvalue weighted by Crippen LogP contribution is 2.27. The molecule has 1 aromatic carbocycles. The van der Waals surface area contributed by atoms with Crippen LogP contribution in [0.5, 0.6) is 0 Å². The maximum absolute atomic E-state index is 3.48. The second-order valence-corrected chi connectivity index (χ2v) is 6.81. The van der Waals surface area contributed by atoms with Crippen LogP contribution in [0.2, 0.25) is 0 Å². The summed E-state index contributed by atoms with van der Waals surface area (Å²) >= 11 is 0. The molecule has 1 fully saturated rings. The first-order chi connectivity index (χ1) is 9.00. The Bertz CT molecular complexity index is 383. The summed E-state index contributed by atoms with van der Waals surface area (Å²) in [7, 11) is 2.07. The Hall–Kier alpha value is -0.860. The van der Waals surface area contributed by atoms with Crippen molar-refractivity contribution in [2.75, 3.05) is 20.1 Å². The first-order valence-corrected chi connectivity index (χ1v) is 7.49. The normalized spacial score (nSPS) is 21.6. The van der Waals surface area contributed by atoms with E-state index >= 15 is 0 Å². The molecule has 2 nitrogen and oxygen atoms in total. The van der Waals surface area contributed by atoms with Gasteiger partial charge in [0.25, 0.3) is 0 Å². The Morgan fingerprint density at radius 2 is 1.95 bits per heavy atom. The Labute approximate surface area is 118 Å². The van der Waals surface area contributed by atoms with Gasteiger partial charge in [0.1, 0.15) is 0 Å². The predicted octanol–water partition coefficient (Wildman–Crippen LogP) is 3.24. The van der Waals surface area contributed by atoms with Crippen molar-refractivity contribution in [2.45, 2.75) is 45.1 Å². The van der Waals surface area contributed by atoms with E-state index in [4.69, 9.17) is 0 Å². The van der Waals surface area contributed by atoms with Crippen molar-refractivity contribution in [3.63, 3.8) is 0 Å². The molecule has 0 bridgehead atoms. The van der Waals surface area contributed by atoms with Crippen LogP contribution in [0.3, 0.4) is 0 Å². The van der Waals surface area contributed by atoms with E-state index in [1.807, 2.05) is 0 Å². The van der Waals surface area contributed by atoms with Gasteiger partial charge in [-0.25, -0.2) is 0 Å². The SMILES string of the molecule is CNC(CC1CCNC1)c1ccc(C(C)(C)C)cc1. The lowest BCUT2D eigenvalue weighted by molar-refractivity contribution is 0.430. The van der Waals surface area contributed by atoms with E-state index in [2.05, 4.69) is 62.7 Å². The summed E-state index contributed by atoms with van der Waals surface area (Å²) in [5.41, 5.74) is 3.07. The Morgan fingerprint density at radius 1 is 1.26 bits per heavy atom. The molecule has 2 atom stereocenters. The maximum Gasteiger partial charge on any atom is 0.0320 e. The molecule has 0 aliphatic carbocycles. The zero-order chi connectivity index (χ0) is 13.9. The molecule has 19 heavy (non-hydrogen) atoms. The third-order valence-electron chi connectivity index (χ3n) is 4.26.